The van der Waals surface area contributed by atoms with Gasteiger partial charge in [-0.25, -0.2) is 4.79 Å². The number of ether oxygens (including phenoxy) is 3. The molecule has 2 atom stereocenters. The fraction of sp³-hybridized carbons (Fsp3) is 0.154. The Labute approximate surface area is 229 Å². The Hall–Kier alpha value is -3.70. The highest BCUT2D eigenvalue weighted by Crippen LogP contribution is 2.40. The quantitative estimate of drug-likeness (QED) is 0.176. The molecule has 3 aromatic rings. The van der Waals surface area contributed by atoms with Crippen molar-refractivity contribution in [3.63, 3.8) is 0 Å². The number of aromatic hydroxyl groups is 1. The van der Waals surface area contributed by atoms with Gasteiger partial charge in [-0.2, -0.15) is 0 Å². The van der Waals surface area contributed by atoms with E-state index in [1.54, 1.807) is 67.6 Å². The van der Waals surface area contributed by atoms with Crippen LogP contribution in [0.25, 0.3) is 0 Å². The minimum absolute atomic E-state index is 0.0918. The summed E-state index contributed by atoms with van der Waals surface area (Å²) >= 11 is 6.72. The van der Waals surface area contributed by atoms with Gasteiger partial charge in [0.05, 0.1) is 15.8 Å². The number of rotatable bonds is 7. The molecule has 0 bridgehead atoms. The minimum atomic E-state index is -0.950. The fourth-order valence-corrected chi connectivity index (χ4v) is 4.88. The zero-order valence-corrected chi connectivity index (χ0v) is 22.7. The molecule has 4 rings (SSSR count). The van der Waals surface area contributed by atoms with Gasteiger partial charge in [-0.05, 0) is 58.4 Å². The maximum absolute atomic E-state index is 12.9. The topological polar surface area (TPSA) is 132 Å². The van der Waals surface area contributed by atoms with Crippen molar-refractivity contribution in [2.24, 2.45) is 5.92 Å². The molecule has 0 unspecified atom stereocenters. The standard InChI is InChI=1S/C26H23Br2N3O6/c1-14(6-9-23(32)31-20-5-3-2-4-19(20)29)25(17-10-15(27)11-18(28)24(17)33)37-26(34)30-16-7-8-21-22(12-16)36-13-35-21/h2-12,14,25,33H,13,29H2,1H3,(H,30,34)(H,31,32)/b9-6+/t14-,25+/m1/s1. The Bertz CT molecular complexity index is 1360. The van der Waals surface area contributed by atoms with Gasteiger partial charge in [0, 0.05) is 27.7 Å². The molecule has 0 aliphatic carbocycles. The summed E-state index contributed by atoms with van der Waals surface area (Å²) < 4.78 is 17.5. The average Bonchev–Trinajstić information content (AvgIpc) is 3.33. The lowest BCUT2D eigenvalue weighted by Crippen LogP contribution is -2.22. The number of carbonyl (C=O) groups is 2. The Kier molecular flexibility index (Phi) is 8.24. The number of nitrogens with one attached hydrogen (secondary N) is 2. The second-order valence-electron chi connectivity index (χ2n) is 8.14. The summed E-state index contributed by atoms with van der Waals surface area (Å²) in [5.41, 5.74) is 7.58. The highest BCUT2D eigenvalue weighted by atomic mass is 79.9. The number of phenolic OH excluding ortho intramolecular Hbond substituents is 1. The first-order chi connectivity index (χ1) is 17.7. The van der Waals surface area contributed by atoms with Gasteiger partial charge in [0.2, 0.25) is 12.7 Å². The maximum Gasteiger partial charge on any atom is 0.412 e. The van der Waals surface area contributed by atoms with Crippen LogP contribution >= 0.6 is 31.9 Å². The monoisotopic (exact) mass is 631 g/mol. The van der Waals surface area contributed by atoms with E-state index in [0.29, 0.717) is 43.1 Å². The van der Waals surface area contributed by atoms with E-state index in [0.717, 1.165) is 0 Å². The molecule has 3 aromatic carbocycles. The number of amides is 2. The minimum Gasteiger partial charge on any atom is -0.506 e. The molecule has 5 N–H and O–H groups in total. The third-order valence-corrected chi connectivity index (χ3v) is 6.53. The van der Waals surface area contributed by atoms with Crippen LogP contribution in [0.3, 0.4) is 0 Å². The number of para-hydroxylation sites is 2. The summed E-state index contributed by atoms with van der Waals surface area (Å²) in [7, 11) is 0. The van der Waals surface area contributed by atoms with Crippen LogP contribution in [0.5, 0.6) is 17.2 Å². The van der Waals surface area contributed by atoms with E-state index < -0.39 is 24.0 Å². The molecule has 37 heavy (non-hydrogen) atoms. The molecule has 0 aromatic heterocycles. The van der Waals surface area contributed by atoms with Gasteiger partial charge in [0.15, 0.2) is 11.5 Å². The number of fused-ring (bicyclic) bond motifs is 1. The highest BCUT2D eigenvalue weighted by molar-refractivity contribution is 9.11. The lowest BCUT2D eigenvalue weighted by molar-refractivity contribution is -0.111. The summed E-state index contributed by atoms with van der Waals surface area (Å²) in [5, 5.41) is 16.1. The van der Waals surface area contributed by atoms with Crippen molar-refractivity contribution in [3.8, 4) is 17.2 Å². The molecule has 0 saturated heterocycles. The predicted octanol–water partition coefficient (Wildman–Crippen LogP) is 6.35. The van der Waals surface area contributed by atoms with E-state index in [1.807, 2.05) is 0 Å². The molecule has 2 amide bonds. The first-order valence-corrected chi connectivity index (χ1v) is 12.7. The molecule has 1 aliphatic rings. The van der Waals surface area contributed by atoms with Crippen molar-refractivity contribution in [3.05, 3.63) is 81.3 Å². The fourth-order valence-electron chi connectivity index (χ4n) is 3.62. The third kappa shape index (κ3) is 6.55. The number of carbonyl (C=O) groups excluding carboxylic acids is 2. The summed E-state index contributed by atoms with van der Waals surface area (Å²) in [6.45, 7) is 1.87. The molecule has 1 aliphatic heterocycles. The van der Waals surface area contributed by atoms with Crippen LogP contribution in [-0.4, -0.2) is 23.9 Å². The summed E-state index contributed by atoms with van der Waals surface area (Å²) in [5.74, 6) is 0.0616. The Morgan fingerprint density at radius 3 is 2.62 bits per heavy atom. The molecule has 0 spiro atoms. The zero-order valence-electron chi connectivity index (χ0n) is 19.5. The van der Waals surface area contributed by atoms with Crippen LogP contribution in [0.4, 0.5) is 21.9 Å². The number of benzene rings is 3. The molecule has 192 valence electrons. The number of anilines is 3. The zero-order chi connectivity index (χ0) is 26.5. The van der Waals surface area contributed by atoms with Gasteiger partial charge >= 0.3 is 6.09 Å². The van der Waals surface area contributed by atoms with Crippen molar-refractivity contribution in [2.75, 3.05) is 23.2 Å². The van der Waals surface area contributed by atoms with Crippen LogP contribution in [-0.2, 0) is 9.53 Å². The summed E-state index contributed by atoms with van der Waals surface area (Å²) in [4.78, 5) is 25.4. The van der Waals surface area contributed by atoms with Crippen molar-refractivity contribution in [1.82, 2.24) is 0 Å². The maximum atomic E-state index is 12.9. The van der Waals surface area contributed by atoms with Gasteiger partial charge < -0.3 is 30.4 Å². The third-order valence-electron chi connectivity index (χ3n) is 5.46. The first kappa shape index (κ1) is 26.4. The summed E-state index contributed by atoms with van der Waals surface area (Å²) in [6, 6.07) is 15.2. The molecule has 1 heterocycles. The lowest BCUT2D eigenvalue weighted by Gasteiger charge is -2.24. The van der Waals surface area contributed by atoms with Crippen LogP contribution < -0.4 is 25.8 Å². The molecule has 9 nitrogen and oxygen atoms in total. The molecular weight excluding hydrogens is 610 g/mol. The predicted molar refractivity (Wildman–Crippen MR) is 147 cm³/mol. The van der Waals surface area contributed by atoms with Crippen molar-refractivity contribution in [1.29, 1.82) is 0 Å². The number of nitrogen functional groups attached to an aromatic ring is 1. The van der Waals surface area contributed by atoms with E-state index in [1.165, 1.54) is 6.08 Å². The average molecular weight is 633 g/mol. The van der Waals surface area contributed by atoms with Crippen molar-refractivity contribution < 1.29 is 28.9 Å². The second-order valence-corrected chi connectivity index (χ2v) is 9.91. The number of hydrogen-bond donors (Lipinski definition) is 4. The molecule has 0 fully saturated rings. The van der Waals surface area contributed by atoms with Gasteiger partial charge in [0.25, 0.3) is 0 Å². The number of nitrogens with two attached hydrogens (primary N) is 1. The van der Waals surface area contributed by atoms with E-state index in [9.17, 15) is 14.7 Å². The largest absolute Gasteiger partial charge is 0.506 e. The summed E-state index contributed by atoms with van der Waals surface area (Å²) in [6.07, 6.45) is 1.20. The van der Waals surface area contributed by atoms with E-state index in [4.69, 9.17) is 19.9 Å². The SMILES string of the molecule is C[C@H](/C=C/C(=O)Nc1ccccc1N)[C@H](OC(=O)Nc1ccc2c(c1)OCO2)c1cc(Br)cc(Br)c1O. The van der Waals surface area contributed by atoms with Gasteiger partial charge in [-0.1, -0.05) is 41.1 Å². The molecule has 11 heteroatoms. The van der Waals surface area contributed by atoms with Crippen LogP contribution in [0.1, 0.15) is 18.6 Å². The molecule has 0 saturated carbocycles. The van der Waals surface area contributed by atoms with E-state index >= 15 is 0 Å². The highest BCUT2D eigenvalue weighted by Gasteiger charge is 2.27. The van der Waals surface area contributed by atoms with E-state index in [-0.39, 0.29) is 12.5 Å². The lowest BCUT2D eigenvalue weighted by atomic mass is 9.96. The van der Waals surface area contributed by atoms with Crippen LogP contribution in [0.2, 0.25) is 0 Å². The Morgan fingerprint density at radius 2 is 1.84 bits per heavy atom. The molecule has 0 radical (unpaired) electrons. The normalized spacial score (nSPS) is 13.7. The first-order valence-electron chi connectivity index (χ1n) is 11.1. The second kappa shape index (κ2) is 11.6. The van der Waals surface area contributed by atoms with Gasteiger partial charge in [0.1, 0.15) is 11.9 Å². The number of phenols is 1. The van der Waals surface area contributed by atoms with Gasteiger partial charge in [-0.15, -0.1) is 0 Å². The van der Waals surface area contributed by atoms with Crippen molar-refractivity contribution in [2.45, 2.75) is 13.0 Å². The smallest absolute Gasteiger partial charge is 0.412 e. The van der Waals surface area contributed by atoms with Gasteiger partial charge in [-0.3, -0.25) is 10.1 Å². The van der Waals surface area contributed by atoms with Crippen LogP contribution in [0, 0.1) is 5.92 Å². The number of halogens is 2. The Balaban J connectivity index is 1.53. The number of hydrogen-bond acceptors (Lipinski definition) is 7. The van der Waals surface area contributed by atoms with Crippen molar-refractivity contribution >= 4 is 60.9 Å². The Morgan fingerprint density at radius 1 is 1.08 bits per heavy atom. The van der Waals surface area contributed by atoms with Crippen LogP contribution in [0.15, 0.2) is 75.7 Å². The molecular formula is C26H23Br2N3O6. The van der Waals surface area contributed by atoms with E-state index in [2.05, 4.69) is 42.5 Å².